The summed E-state index contributed by atoms with van der Waals surface area (Å²) in [7, 11) is 3.73. The molecule has 1 rings (SSSR count). The summed E-state index contributed by atoms with van der Waals surface area (Å²) in [5, 5.41) is 0. The van der Waals surface area contributed by atoms with Crippen LogP contribution in [-0.4, -0.2) is 38.8 Å². The summed E-state index contributed by atoms with van der Waals surface area (Å²) in [6.07, 6.45) is 0.916. The quantitative estimate of drug-likeness (QED) is 0.764. The average Bonchev–Trinajstić information content (AvgIpc) is 2.76. The molecule has 2 N–H and O–H groups in total. The lowest BCUT2D eigenvalue weighted by atomic mass is 10.2. The zero-order valence-corrected chi connectivity index (χ0v) is 10.4. The zero-order valence-electron chi connectivity index (χ0n) is 10.4. The predicted octanol–water partition coefficient (Wildman–Crippen LogP) is 1.42. The zero-order chi connectivity index (χ0) is 12.0. The van der Waals surface area contributed by atoms with Crippen molar-refractivity contribution in [3.63, 3.8) is 0 Å². The van der Waals surface area contributed by atoms with Crippen LogP contribution in [0.5, 0.6) is 0 Å². The number of furan rings is 1. The van der Waals surface area contributed by atoms with Crippen LogP contribution in [0, 0.1) is 0 Å². The third kappa shape index (κ3) is 3.33. The van der Waals surface area contributed by atoms with E-state index in [1.807, 2.05) is 19.2 Å². The lowest BCUT2D eigenvalue weighted by Gasteiger charge is -2.24. The molecule has 0 aromatic carbocycles. The summed E-state index contributed by atoms with van der Waals surface area (Å²) in [6.45, 7) is 4.18. The van der Waals surface area contributed by atoms with E-state index in [9.17, 15) is 0 Å². The van der Waals surface area contributed by atoms with Gasteiger partial charge in [0.05, 0.1) is 12.6 Å². The Kier molecular flexibility index (Phi) is 5.52. The largest absolute Gasteiger partial charge is 0.464 e. The second-order valence-electron chi connectivity index (χ2n) is 3.88. The molecule has 1 aromatic rings. The summed E-state index contributed by atoms with van der Waals surface area (Å²) in [5.74, 6) is 1.95. The molecular weight excluding hydrogens is 204 g/mol. The van der Waals surface area contributed by atoms with E-state index in [1.54, 1.807) is 7.11 Å². The van der Waals surface area contributed by atoms with Crippen molar-refractivity contribution in [2.24, 2.45) is 5.73 Å². The number of nitrogens with two attached hydrogens (primary N) is 1. The van der Waals surface area contributed by atoms with Gasteiger partial charge in [0, 0.05) is 26.6 Å². The van der Waals surface area contributed by atoms with Crippen LogP contribution in [-0.2, 0) is 11.2 Å². The molecule has 1 aromatic heterocycles. The van der Waals surface area contributed by atoms with Crippen LogP contribution in [0.1, 0.15) is 24.5 Å². The van der Waals surface area contributed by atoms with Gasteiger partial charge in [-0.05, 0) is 19.2 Å². The summed E-state index contributed by atoms with van der Waals surface area (Å²) in [4.78, 5) is 2.15. The summed E-state index contributed by atoms with van der Waals surface area (Å²) >= 11 is 0. The molecule has 4 nitrogen and oxygen atoms in total. The fourth-order valence-corrected chi connectivity index (χ4v) is 1.67. The van der Waals surface area contributed by atoms with Gasteiger partial charge in [-0.3, -0.25) is 4.90 Å². The molecule has 0 aliphatic carbocycles. The molecule has 0 aliphatic rings. The number of rotatable bonds is 7. The van der Waals surface area contributed by atoms with Crippen LogP contribution < -0.4 is 5.73 Å². The number of ether oxygens (including phenoxy) is 1. The molecule has 92 valence electrons. The highest BCUT2D eigenvalue weighted by molar-refractivity contribution is 5.11. The normalized spacial score (nSPS) is 13.3. The van der Waals surface area contributed by atoms with Crippen molar-refractivity contribution in [1.29, 1.82) is 0 Å². The predicted molar refractivity (Wildman–Crippen MR) is 64.4 cm³/mol. The molecule has 1 unspecified atom stereocenters. The highest BCUT2D eigenvalue weighted by atomic mass is 16.5. The van der Waals surface area contributed by atoms with Crippen molar-refractivity contribution in [3.05, 3.63) is 23.7 Å². The summed E-state index contributed by atoms with van der Waals surface area (Å²) in [5.41, 5.74) is 5.79. The topological polar surface area (TPSA) is 51.6 Å². The maximum atomic E-state index is 5.79. The Morgan fingerprint density at radius 3 is 2.75 bits per heavy atom. The Labute approximate surface area is 97.4 Å². The molecule has 0 radical (unpaired) electrons. The number of nitrogens with zero attached hydrogens (tertiary/aromatic N) is 1. The van der Waals surface area contributed by atoms with Crippen molar-refractivity contribution < 1.29 is 9.15 Å². The second-order valence-corrected chi connectivity index (χ2v) is 3.88. The smallest absolute Gasteiger partial charge is 0.122 e. The number of hydrogen-bond donors (Lipinski definition) is 1. The Bertz CT molecular complexity index is 299. The molecule has 0 saturated heterocycles. The van der Waals surface area contributed by atoms with Gasteiger partial charge in [-0.2, -0.15) is 0 Å². The average molecular weight is 226 g/mol. The van der Waals surface area contributed by atoms with Crippen molar-refractivity contribution >= 4 is 0 Å². The van der Waals surface area contributed by atoms with E-state index in [4.69, 9.17) is 14.9 Å². The Balaban J connectivity index is 2.65. The minimum absolute atomic E-state index is 0.135. The molecule has 16 heavy (non-hydrogen) atoms. The van der Waals surface area contributed by atoms with Gasteiger partial charge in [-0.1, -0.05) is 6.92 Å². The first-order chi connectivity index (χ1) is 7.72. The second kappa shape index (κ2) is 6.68. The van der Waals surface area contributed by atoms with E-state index in [1.165, 1.54) is 0 Å². The van der Waals surface area contributed by atoms with Gasteiger partial charge < -0.3 is 14.9 Å². The van der Waals surface area contributed by atoms with Gasteiger partial charge in [0.2, 0.25) is 0 Å². The van der Waals surface area contributed by atoms with Gasteiger partial charge in [0.25, 0.3) is 0 Å². The van der Waals surface area contributed by atoms with Gasteiger partial charge in [-0.25, -0.2) is 0 Å². The maximum absolute atomic E-state index is 5.79. The first kappa shape index (κ1) is 13.2. The van der Waals surface area contributed by atoms with Crippen molar-refractivity contribution in [2.75, 3.05) is 33.9 Å². The first-order valence-electron chi connectivity index (χ1n) is 5.70. The molecule has 0 bridgehead atoms. The number of hydrogen-bond acceptors (Lipinski definition) is 4. The van der Waals surface area contributed by atoms with Gasteiger partial charge in [0.1, 0.15) is 11.5 Å². The Morgan fingerprint density at radius 1 is 1.50 bits per heavy atom. The molecule has 0 aliphatic heterocycles. The van der Waals surface area contributed by atoms with Crippen LogP contribution in [0.2, 0.25) is 0 Å². The van der Waals surface area contributed by atoms with Crippen LogP contribution in [0.3, 0.4) is 0 Å². The van der Waals surface area contributed by atoms with E-state index in [2.05, 4.69) is 11.8 Å². The monoisotopic (exact) mass is 226 g/mol. The summed E-state index contributed by atoms with van der Waals surface area (Å²) < 4.78 is 10.8. The maximum Gasteiger partial charge on any atom is 0.122 e. The molecule has 0 amide bonds. The van der Waals surface area contributed by atoms with E-state index in [0.29, 0.717) is 13.2 Å². The van der Waals surface area contributed by atoms with Crippen molar-refractivity contribution in [1.82, 2.24) is 4.90 Å². The lowest BCUT2D eigenvalue weighted by Crippen LogP contribution is -2.32. The number of aryl methyl sites for hydroxylation is 1. The van der Waals surface area contributed by atoms with E-state index >= 15 is 0 Å². The highest BCUT2D eigenvalue weighted by Gasteiger charge is 2.18. The van der Waals surface area contributed by atoms with Crippen LogP contribution in [0.4, 0.5) is 0 Å². The molecule has 0 spiro atoms. The lowest BCUT2D eigenvalue weighted by molar-refractivity contribution is 0.132. The van der Waals surface area contributed by atoms with Crippen molar-refractivity contribution in [3.8, 4) is 0 Å². The molecule has 4 heteroatoms. The van der Waals surface area contributed by atoms with Crippen molar-refractivity contribution in [2.45, 2.75) is 19.4 Å². The fraction of sp³-hybridized carbons (Fsp3) is 0.667. The minimum Gasteiger partial charge on any atom is -0.464 e. The molecule has 0 saturated carbocycles. The third-order valence-corrected chi connectivity index (χ3v) is 2.76. The standard InChI is InChI=1S/C12H22N2O2/c1-4-10-5-6-12(16-10)11(9-13)14(2)7-8-15-3/h5-6,11H,4,7-9,13H2,1-3H3. The number of methoxy groups -OCH3 is 1. The molecular formula is C12H22N2O2. The minimum atomic E-state index is 0.135. The first-order valence-corrected chi connectivity index (χ1v) is 5.70. The van der Waals surface area contributed by atoms with E-state index < -0.39 is 0 Å². The van der Waals surface area contributed by atoms with Crippen LogP contribution in [0.25, 0.3) is 0 Å². The van der Waals surface area contributed by atoms with E-state index in [0.717, 1.165) is 24.5 Å². The molecule has 1 atom stereocenters. The van der Waals surface area contributed by atoms with Gasteiger partial charge in [0.15, 0.2) is 0 Å². The fourth-order valence-electron chi connectivity index (χ4n) is 1.67. The SMILES string of the molecule is CCc1ccc(C(CN)N(C)CCOC)o1. The molecule has 1 heterocycles. The molecule has 0 fully saturated rings. The third-order valence-electron chi connectivity index (χ3n) is 2.76. The Morgan fingerprint density at radius 2 is 2.25 bits per heavy atom. The van der Waals surface area contributed by atoms with E-state index in [-0.39, 0.29) is 6.04 Å². The van der Waals surface area contributed by atoms with Crippen LogP contribution in [0.15, 0.2) is 16.5 Å². The van der Waals surface area contributed by atoms with Crippen LogP contribution >= 0.6 is 0 Å². The summed E-state index contributed by atoms with van der Waals surface area (Å²) in [6, 6.07) is 4.16. The highest BCUT2D eigenvalue weighted by Crippen LogP contribution is 2.20. The number of likely N-dealkylation sites (N-methyl/N-ethyl adjacent to an activating group) is 1. The van der Waals surface area contributed by atoms with Gasteiger partial charge in [-0.15, -0.1) is 0 Å². The van der Waals surface area contributed by atoms with Gasteiger partial charge >= 0.3 is 0 Å². The Hall–Kier alpha value is -0.840.